The summed E-state index contributed by atoms with van der Waals surface area (Å²) in [6.45, 7) is 2.05. The molecule has 0 bridgehead atoms. The van der Waals surface area contributed by atoms with Crippen molar-refractivity contribution in [3.8, 4) is 0 Å². The van der Waals surface area contributed by atoms with Gasteiger partial charge in [-0.1, -0.05) is 42.7 Å². The topological polar surface area (TPSA) is 29.1 Å². The molecule has 16 heavy (non-hydrogen) atoms. The van der Waals surface area contributed by atoms with Crippen molar-refractivity contribution in [2.75, 3.05) is 0 Å². The summed E-state index contributed by atoms with van der Waals surface area (Å²) in [4.78, 5) is 11.8. The number of rotatable bonds is 3. The van der Waals surface area contributed by atoms with Crippen LogP contribution in [0.3, 0.4) is 0 Å². The molecule has 0 heterocycles. The minimum absolute atomic E-state index is 0.164. The Balaban J connectivity index is 1.86. The average molecular weight is 217 g/mol. The number of amides is 1. The van der Waals surface area contributed by atoms with E-state index in [0.29, 0.717) is 12.5 Å². The van der Waals surface area contributed by atoms with Gasteiger partial charge in [-0.3, -0.25) is 4.79 Å². The van der Waals surface area contributed by atoms with Gasteiger partial charge in [-0.25, -0.2) is 0 Å². The molecule has 1 N–H and O–H groups in total. The number of carbonyl (C=O) groups excluding carboxylic acids is 1. The van der Waals surface area contributed by atoms with Crippen LogP contribution in [0.4, 0.5) is 0 Å². The molecule has 1 saturated carbocycles. The molecule has 1 aliphatic carbocycles. The summed E-state index contributed by atoms with van der Waals surface area (Å²) >= 11 is 0. The summed E-state index contributed by atoms with van der Waals surface area (Å²) in [7, 11) is 0. The molecule has 0 unspecified atom stereocenters. The highest BCUT2D eigenvalue weighted by Gasteiger charge is 2.16. The Hall–Kier alpha value is -1.31. The van der Waals surface area contributed by atoms with Crippen molar-refractivity contribution in [2.24, 2.45) is 0 Å². The molecule has 2 nitrogen and oxygen atoms in total. The average Bonchev–Trinajstić information content (AvgIpc) is 2.70. The smallest absolute Gasteiger partial charge is 0.224 e. The fourth-order valence-electron chi connectivity index (χ4n) is 2.36. The van der Waals surface area contributed by atoms with Crippen molar-refractivity contribution in [3.05, 3.63) is 35.4 Å². The highest BCUT2D eigenvalue weighted by Crippen LogP contribution is 2.17. The second-order valence-corrected chi connectivity index (χ2v) is 4.71. The van der Waals surface area contributed by atoms with E-state index in [9.17, 15) is 4.79 Å². The van der Waals surface area contributed by atoms with E-state index in [4.69, 9.17) is 0 Å². The highest BCUT2D eigenvalue weighted by atomic mass is 16.1. The minimum atomic E-state index is 0.164. The van der Waals surface area contributed by atoms with Crippen LogP contribution in [-0.4, -0.2) is 11.9 Å². The van der Waals surface area contributed by atoms with E-state index >= 15 is 0 Å². The third kappa shape index (κ3) is 3.09. The molecule has 0 aliphatic heterocycles. The molecular weight excluding hydrogens is 198 g/mol. The van der Waals surface area contributed by atoms with E-state index < -0.39 is 0 Å². The summed E-state index contributed by atoms with van der Waals surface area (Å²) in [6, 6.07) is 8.58. The zero-order chi connectivity index (χ0) is 11.4. The monoisotopic (exact) mass is 217 g/mol. The normalized spacial score (nSPS) is 16.3. The van der Waals surface area contributed by atoms with Crippen LogP contribution in [0.15, 0.2) is 24.3 Å². The Kier molecular flexibility index (Phi) is 3.60. The number of nitrogens with one attached hydrogen (secondary N) is 1. The number of hydrogen-bond acceptors (Lipinski definition) is 1. The first-order chi connectivity index (χ1) is 7.74. The predicted molar refractivity (Wildman–Crippen MR) is 65.3 cm³/mol. The third-order valence-electron chi connectivity index (χ3n) is 3.17. The Labute approximate surface area is 97.1 Å². The van der Waals surface area contributed by atoms with Gasteiger partial charge in [0.2, 0.25) is 5.91 Å². The summed E-state index contributed by atoms with van der Waals surface area (Å²) in [5, 5.41) is 3.11. The van der Waals surface area contributed by atoms with Gasteiger partial charge in [0.15, 0.2) is 0 Å². The fraction of sp³-hybridized carbons (Fsp3) is 0.500. The molecule has 0 radical (unpaired) electrons. The van der Waals surface area contributed by atoms with Crippen molar-refractivity contribution in [3.63, 3.8) is 0 Å². The van der Waals surface area contributed by atoms with Gasteiger partial charge < -0.3 is 5.32 Å². The van der Waals surface area contributed by atoms with Crippen LogP contribution in [0, 0.1) is 6.92 Å². The number of carbonyl (C=O) groups is 1. The Morgan fingerprint density at radius 1 is 1.38 bits per heavy atom. The fourth-order valence-corrected chi connectivity index (χ4v) is 2.36. The Morgan fingerprint density at radius 2 is 2.12 bits per heavy atom. The van der Waals surface area contributed by atoms with Gasteiger partial charge in [0, 0.05) is 6.04 Å². The summed E-state index contributed by atoms with van der Waals surface area (Å²) in [6.07, 6.45) is 5.34. The van der Waals surface area contributed by atoms with Gasteiger partial charge in [0.05, 0.1) is 6.42 Å². The number of benzene rings is 1. The van der Waals surface area contributed by atoms with Crippen LogP contribution in [0.5, 0.6) is 0 Å². The van der Waals surface area contributed by atoms with Crippen LogP contribution in [0.1, 0.15) is 36.8 Å². The van der Waals surface area contributed by atoms with Crippen LogP contribution in [0.2, 0.25) is 0 Å². The molecule has 2 heteroatoms. The number of aryl methyl sites for hydroxylation is 1. The zero-order valence-electron chi connectivity index (χ0n) is 9.83. The lowest BCUT2D eigenvalue weighted by Gasteiger charge is -2.11. The lowest BCUT2D eigenvalue weighted by Crippen LogP contribution is -2.33. The quantitative estimate of drug-likeness (QED) is 0.828. The number of hydrogen-bond donors (Lipinski definition) is 1. The highest BCUT2D eigenvalue weighted by molar-refractivity contribution is 5.78. The first kappa shape index (κ1) is 11.2. The molecule has 0 aromatic heterocycles. The molecular formula is C14H19NO. The van der Waals surface area contributed by atoms with Crippen molar-refractivity contribution in [1.29, 1.82) is 0 Å². The van der Waals surface area contributed by atoms with E-state index in [1.807, 2.05) is 12.1 Å². The van der Waals surface area contributed by atoms with Crippen LogP contribution >= 0.6 is 0 Å². The van der Waals surface area contributed by atoms with Gasteiger partial charge in [-0.05, 0) is 25.3 Å². The molecule has 1 aromatic rings. The SMILES string of the molecule is Cc1cccc(CC(=O)NC2CCCC2)c1. The van der Waals surface area contributed by atoms with Crippen LogP contribution in [-0.2, 0) is 11.2 Å². The van der Waals surface area contributed by atoms with E-state index in [1.54, 1.807) is 0 Å². The standard InChI is InChI=1S/C14H19NO/c1-11-5-4-6-12(9-11)10-14(16)15-13-7-2-3-8-13/h4-6,9,13H,2-3,7-8,10H2,1H3,(H,15,16). The lowest BCUT2D eigenvalue weighted by molar-refractivity contribution is -0.121. The van der Waals surface area contributed by atoms with Crippen LogP contribution < -0.4 is 5.32 Å². The van der Waals surface area contributed by atoms with Gasteiger partial charge in [-0.15, -0.1) is 0 Å². The summed E-state index contributed by atoms with van der Waals surface area (Å²) in [5.74, 6) is 0.164. The Morgan fingerprint density at radius 3 is 2.81 bits per heavy atom. The molecule has 0 saturated heterocycles. The lowest BCUT2D eigenvalue weighted by atomic mass is 10.1. The third-order valence-corrected chi connectivity index (χ3v) is 3.17. The van der Waals surface area contributed by atoms with Crippen molar-refractivity contribution in [1.82, 2.24) is 5.32 Å². The maximum atomic E-state index is 11.8. The summed E-state index contributed by atoms with van der Waals surface area (Å²) < 4.78 is 0. The van der Waals surface area contributed by atoms with E-state index in [2.05, 4.69) is 24.4 Å². The first-order valence-electron chi connectivity index (χ1n) is 6.09. The first-order valence-corrected chi connectivity index (χ1v) is 6.09. The minimum Gasteiger partial charge on any atom is -0.353 e. The molecule has 1 aliphatic rings. The second-order valence-electron chi connectivity index (χ2n) is 4.71. The molecule has 1 aromatic carbocycles. The summed E-state index contributed by atoms with van der Waals surface area (Å²) in [5.41, 5.74) is 2.32. The molecule has 1 amide bonds. The molecule has 0 atom stereocenters. The van der Waals surface area contributed by atoms with Crippen molar-refractivity contribution >= 4 is 5.91 Å². The molecule has 2 rings (SSSR count). The van der Waals surface area contributed by atoms with Gasteiger partial charge in [0.1, 0.15) is 0 Å². The van der Waals surface area contributed by atoms with Gasteiger partial charge in [-0.2, -0.15) is 0 Å². The van der Waals surface area contributed by atoms with Gasteiger partial charge in [0.25, 0.3) is 0 Å². The maximum absolute atomic E-state index is 11.8. The Bertz CT molecular complexity index is 367. The molecule has 1 fully saturated rings. The maximum Gasteiger partial charge on any atom is 0.224 e. The van der Waals surface area contributed by atoms with E-state index in [0.717, 1.165) is 18.4 Å². The predicted octanol–water partition coefficient (Wildman–Crippen LogP) is 2.60. The zero-order valence-corrected chi connectivity index (χ0v) is 9.83. The largest absolute Gasteiger partial charge is 0.353 e. The molecule has 0 spiro atoms. The second kappa shape index (κ2) is 5.15. The van der Waals surface area contributed by atoms with Crippen LogP contribution in [0.25, 0.3) is 0 Å². The van der Waals surface area contributed by atoms with Crippen molar-refractivity contribution < 1.29 is 4.79 Å². The van der Waals surface area contributed by atoms with Crippen molar-refractivity contribution in [2.45, 2.75) is 45.1 Å². The van der Waals surface area contributed by atoms with Gasteiger partial charge >= 0.3 is 0 Å². The van der Waals surface area contributed by atoms with E-state index in [1.165, 1.54) is 18.4 Å². The van der Waals surface area contributed by atoms with E-state index in [-0.39, 0.29) is 5.91 Å². The molecule has 86 valence electrons.